The van der Waals surface area contributed by atoms with Crippen LogP contribution in [-0.2, 0) is 4.79 Å². The van der Waals surface area contributed by atoms with Gasteiger partial charge in [0.15, 0.2) is 0 Å². The Morgan fingerprint density at radius 1 is 2.40 bits per heavy atom. The Bertz CT molecular complexity index is 59.8. The van der Waals surface area contributed by atoms with E-state index in [9.17, 15) is 4.79 Å². The maximum absolute atomic E-state index is 9.51. The highest BCUT2D eigenvalue weighted by Gasteiger charge is 1.80. The van der Waals surface area contributed by atoms with E-state index in [1.54, 1.807) is 0 Å². The van der Waals surface area contributed by atoms with E-state index in [2.05, 4.69) is 0 Å². The van der Waals surface area contributed by atoms with Crippen molar-refractivity contribution in [1.82, 2.24) is 0 Å². The van der Waals surface area contributed by atoms with Crippen LogP contribution in [0.15, 0.2) is 0 Å². The van der Waals surface area contributed by atoms with Crippen molar-refractivity contribution in [3.63, 3.8) is 0 Å². The molecule has 5 heavy (non-hydrogen) atoms. The molecule has 0 amide bonds. The molecule has 0 aliphatic rings. The van der Waals surface area contributed by atoms with Gasteiger partial charge in [-0.1, -0.05) is 6.92 Å². The normalized spacial score (nSPS) is 16.6. The van der Waals surface area contributed by atoms with Crippen LogP contribution in [0.25, 0.3) is 0 Å². The number of carboxylic acid groups (broad SMARTS) is 1. The maximum atomic E-state index is 9.51. The maximum Gasteiger partial charge on any atom is 0.303 e. The number of rotatable bonds is 1. The molecule has 1 atom stereocenters. The molecule has 0 saturated heterocycles. The van der Waals surface area contributed by atoms with Gasteiger partial charge in [-0.2, -0.15) is 0 Å². The Kier molecular flexibility index (Phi) is 0.947. The van der Waals surface area contributed by atoms with Crippen molar-refractivity contribution in [1.29, 1.82) is 0 Å². The molecule has 1 N–H and O–H groups in total. The monoisotopic (exact) mass is 75.0 g/mol. The molecule has 0 aliphatic heterocycles. The minimum Gasteiger partial charge on any atom is -0.481 e. The molecule has 0 aromatic rings. The lowest BCUT2D eigenvalue weighted by atomic mass is 10.5. The minimum atomic E-state index is -1.07. The van der Waals surface area contributed by atoms with Crippen LogP contribution in [0.3, 0.4) is 0 Å². The van der Waals surface area contributed by atoms with Gasteiger partial charge in [0, 0.05) is 7.77 Å². The molecular formula is C3H6O2. The first kappa shape index (κ1) is 2.69. The van der Waals surface area contributed by atoms with Crippen molar-refractivity contribution in [2.24, 2.45) is 0 Å². The third kappa shape index (κ3) is 3.47. The molecule has 1 unspecified atom stereocenters. The van der Waals surface area contributed by atoms with Crippen molar-refractivity contribution in [2.45, 2.75) is 13.3 Å². The summed E-state index contributed by atoms with van der Waals surface area (Å²) in [7, 11) is 0. The molecule has 2 heteroatoms. The number of carbonyl (C=O) groups is 1. The Balaban J connectivity index is 3.26. The number of carboxylic acids is 1. The molecule has 0 bridgehead atoms. The highest BCUT2D eigenvalue weighted by molar-refractivity contribution is 5.66. The second-order valence-corrected chi connectivity index (χ2v) is 0.627. The highest BCUT2D eigenvalue weighted by atomic mass is 16.4. The first-order chi connectivity index (χ1) is 2.64. The van der Waals surface area contributed by atoms with Crippen LogP contribution >= 0.6 is 0 Å². The fourth-order valence-electron chi connectivity index (χ4n) is 0. The van der Waals surface area contributed by atoms with Crippen LogP contribution in [0.1, 0.15) is 14.7 Å². The topological polar surface area (TPSA) is 37.3 Å². The molecule has 0 heterocycles. The molecule has 0 aromatic heterocycles. The first-order valence-corrected chi connectivity index (χ1v) is 1.29. The summed E-state index contributed by atoms with van der Waals surface area (Å²) in [5.41, 5.74) is 0. The second kappa shape index (κ2) is 1.76. The summed E-state index contributed by atoms with van der Waals surface area (Å²) < 4.78 is 6.43. The van der Waals surface area contributed by atoms with E-state index < -0.39 is 12.4 Å². The molecule has 0 saturated carbocycles. The summed E-state index contributed by atoms with van der Waals surface area (Å²) in [5.74, 6) is -1.07. The number of aliphatic carboxylic acids is 1. The van der Waals surface area contributed by atoms with Gasteiger partial charge in [-0.05, 0) is 0 Å². The van der Waals surface area contributed by atoms with E-state index >= 15 is 0 Å². The van der Waals surface area contributed by atoms with Crippen LogP contribution < -0.4 is 0 Å². The highest BCUT2D eigenvalue weighted by Crippen LogP contribution is 1.67. The Labute approximate surface area is 31.8 Å². The van der Waals surface area contributed by atoms with E-state index in [1.807, 2.05) is 0 Å². The van der Waals surface area contributed by atoms with Gasteiger partial charge >= 0.3 is 5.97 Å². The molecule has 30 valence electrons. The van der Waals surface area contributed by atoms with Crippen LogP contribution in [0.2, 0.25) is 0 Å². The predicted octanol–water partition coefficient (Wildman–Crippen LogP) is 0.481. The molecule has 0 aliphatic carbocycles. The number of hydrogen-bond acceptors (Lipinski definition) is 1. The van der Waals surface area contributed by atoms with Gasteiger partial charge in [-0.15, -0.1) is 0 Å². The van der Waals surface area contributed by atoms with Gasteiger partial charge in [-0.3, -0.25) is 4.79 Å². The molecular weight excluding hydrogens is 68.0 g/mol. The zero-order valence-electron chi connectivity index (χ0n) is 3.93. The zero-order valence-corrected chi connectivity index (χ0v) is 2.93. The lowest BCUT2D eigenvalue weighted by Crippen LogP contribution is -1.86. The van der Waals surface area contributed by atoms with E-state index in [-0.39, 0.29) is 0 Å². The van der Waals surface area contributed by atoms with Gasteiger partial charge in [0.25, 0.3) is 0 Å². The van der Waals surface area contributed by atoms with Crippen molar-refractivity contribution in [3.05, 3.63) is 0 Å². The van der Waals surface area contributed by atoms with Crippen LogP contribution in [0, 0.1) is 0 Å². The van der Waals surface area contributed by atoms with E-state index in [0.717, 1.165) is 0 Å². The Morgan fingerprint density at radius 2 is 2.60 bits per heavy atom. The van der Waals surface area contributed by atoms with Gasteiger partial charge < -0.3 is 5.11 Å². The minimum absolute atomic E-state index is 0.981. The predicted molar refractivity (Wildman–Crippen MR) is 17.9 cm³/mol. The fraction of sp³-hybridized carbons (Fsp3) is 0.667. The zero-order chi connectivity index (χ0) is 5.15. The third-order valence-corrected chi connectivity index (χ3v) is 0.247. The summed E-state index contributed by atoms with van der Waals surface area (Å²) in [5, 5.41) is 7.80. The SMILES string of the molecule is [2H]C(C)C(=O)O. The van der Waals surface area contributed by atoms with Gasteiger partial charge in [-0.25, -0.2) is 0 Å². The largest absolute Gasteiger partial charge is 0.481 e. The van der Waals surface area contributed by atoms with Gasteiger partial charge in [0.1, 0.15) is 0 Å². The molecule has 2 nitrogen and oxygen atoms in total. The molecule has 0 radical (unpaired) electrons. The summed E-state index contributed by atoms with van der Waals surface area (Å²) in [6, 6.07) is 0. The summed E-state index contributed by atoms with van der Waals surface area (Å²) in [6.45, 7) is 1.31. The van der Waals surface area contributed by atoms with Crippen molar-refractivity contribution in [3.8, 4) is 0 Å². The smallest absolute Gasteiger partial charge is 0.303 e. The Morgan fingerprint density at radius 3 is 2.60 bits per heavy atom. The van der Waals surface area contributed by atoms with Gasteiger partial charge in [0.05, 0.1) is 0 Å². The molecule has 0 aromatic carbocycles. The molecule has 0 spiro atoms. The van der Waals surface area contributed by atoms with E-state index in [4.69, 9.17) is 6.48 Å². The summed E-state index contributed by atoms with van der Waals surface area (Å²) >= 11 is 0. The van der Waals surface area contributed by atoms with Crippen molar-refractivity contribution < 1.29 is 11.3 Å². The van der Waals surface area contributed by atoms with Crippen molar-refractivity contribution in [2.75, 3.05) is 0 Å². The molecule has 0 fully saturated rings. The standard InChI is InChI=1S/C3H6O2/c1-2-3(4)5/h2H2,1H3,(H,4,5)/i2D. The summed E-state index contributed by atoms with van der Waals surface area (Å²) in [6.07, 6.45) is -0.981. The third-order valence-electron chi connectivity index (χ3n) is 0.247. The van der Waals surface area contributed by atoms with Crippen molar-refractivity contribution >= 4 is 5.97 Å². The summed E-state index contributed by atoms with van der Waals surface area (Å²) in [4.78, 5) is 9.51. The van der Waals surface area contributed by atoms with Crippen LogP contribution in [0.5, 0.6) is 0 Å². The van der Waals surface area contributed by atoms with Crippen LogP contribution in [-0.4, -0.2) is 11.1 Å². The lowest BCUT2D eigenvalue weighted by Gasteiger charge is -1.71. The first-order valence-electron chi connectivity index (χ1n) is 1.87. The van der Waals surface area contributed by atoms with E-state index in [0.29, 0.717) is 0 Å². The quantitative estimate of drug-likeness (QED) is 0.492. The van der Waals surface area contributed by atoms with E-state index in [1.165, 1.54) is 6.92 Å². The Hall–Kier alpha value is -0.530. The fourth-order valence-corrected chi connectivity index (χ4v) is 0. The average molecular weight is 75.1 g/mol. The lowest BCUT2D eigenvalue weighted by molar-refractivity contribution is -0.136. The average Bonchev–Trinajstić information content (AvgIpc) is 1.36. The molecule has 0 rings (SSSR count). The van der Waals surface area contributed by atoms with Crippen LogP contribution in [0.4, 0.5) is 0 Å². The number of hydrogen-bond donors (Lipinski definition) is 1. The second-order valence-electron chi connectivity index (χ2n) is 0.627. The van der Waals surface area contributed by atoms with Gasteiger partial charge in [0.2, 0.25) is 0 Å².